The molecule has 0 spiro atoms. The van der Waals surface area contributed by atoms with Gasteiger partial charge in [-0.25, -0.2) is 0 Å². The lowest BCUT2D eigenvalue weighted by molar-refractivity contribution is -0.669. The van der Waals surface area contributed by atoms with Gasteiger partial charge in [-0.05, 0) is 36.7 Å². The van der Waals surface area contributed by atoms with Gasteiger partial charge in [-0.3, -0.25) is 4.55 Å². The van der Waals surface area contributed by atoms with Crippen LogP contribution in [0.5, 0.6) is 0 Å². The van der Waals surface area contributed by atoms with Gasteiger partial charge < -0.3 is 0 Å². The lowest BCUT2D eigenvalue weighted by Gasteiger charge is -1.95. The van der Waals surface area contributed by atoms with E-state index in [0.29, 0.717) is 0 Å². The van der Waals surface area contributed by atoms with Gasteiger partial charge in [0.15, 0.2) is 6.20 Å². The Morgan fingerprint density at radius 2 is 1.68 bits per heavy atom. The highest BCUT2D eigenvalue weighted by molar-refractivity contribution is 7.85. The van der Waals surface area contributed by atoms with Crippen molar-refractivity contribution in [2.75, 3.05) is 0 Å². The first-order valence-electron chi connectivity index (χ1n) is 5.45. The maximum atomic E-state index is 10.5. The molecule has 0 aliphatic carbocycles. The van der Waals surface area contributed by atoms with Gasteiger partial charge in [0, 0.05) is 12.1 Å². The molecule has 0 unspecified atom stereocenters. The van der Waals surface area contributed by atoms with Crippen LogP contribution in [0.4, 0.5) is 0 Å². The molecule has 1 heterocycles. The van der Waals surface area contributed by atoms with Crippen molar-refractivity contribution in [3.05, 3.63) is 59.4 Å². The zero-order chi connectivity index (χ0) is 14.5. The predicted octanol–water partition coefficient (Wildman–Crippen LogP) is 2.41. The SMILES string of the molecule is C[n+]1ccccc1Cl.Cc1ccc(S(=O)(=O)O)cc1. The maximum Gasteiger partial charge on any atom is 0.294 e. The molecule has 0 saturated carbocycles. The van der Waals surface area contributed by atoms with E-state index < -0.39 is 10.1 Å². The van der Waals surface area contributed by atoms with Crippen LogP contribution in [0.3, 0.4) is 0 Å². The summed E-state index contributed by atoms with van der Waals surface area (Å²) < 4.78 is 31.4. The minimum absolute atomic E-state index is 0.0666. The average Bonchev–Trinajstić information content (AvgIpc) is 2.33. The Hall–Kier alpha value is -1.43. The molecule has 19 heavy (non-hydrogen) atoms. The van der Waals surface area contributed by atoms with E-state index in [9.17, 15) is 8.42 Å². The lowest BCUT2D eigenvalue weighted by atomic mass is 10.2. The standard InChI is InChI=1S/C7H8O3S.C6H7ClN/c1-6-2-4-7(5-3-6)11(8,9)10;1-8-5-3-2-4-6(8)7/h2-5H,1H3,(H,8,9,10);2-5H,1H3/q;+1. The number of aromatic nitrogens is 1. The van der Waals surface area contributed by atoms with Gasteiger partial charge in [0.05, 0.1) is 4.90 Å². The summed E-state index contributed by atoms with van der Waals surface area (Å²) >= 11 is 5.67. The zero-order valence-corrected chi connectivity index (χ0v) is 12.2. The molecule has 102 valence electrons. The minimum atomic E-state index is -4.02. The molecular formula is C13H15ClNO3S+. The fourth-order valence-electron chi connectivity index (χ4n) is 1.21. The van der Waals surface area contributed by atoms with Crippen LogP contribution >= 0.6 is 11.6 Å². The average molecular weight is 301 g/mol. The molecule has 0 atom stereocenters. The third-order valence-electron chi connectivity index (χ3n) is 2.31. The van der Waals surface area contributed by atoms with Crippen LogP contribution in [0.2, 0.25) is 5.15 Å². The third-order valence-corrected chi connectivity index (χ3v) is 3.57. The summed E-state index contributed by atoms with van der Waals surface area (Å²) in [6.45, 7) is 1.84. The number of aryl methyl sites for hydroxylation is 2. The zero-order valence-electron chi connectivity index (χ0n) is 10.6. The van der Waals surface area contributed by atoms with Crippen LogP contribution < -0.4 is 4.57 Å². The van der Waals surface area contributed by atoms with Crippen molar-refractivity contribution in [3.63, 3.8) is 0 Å². The predicted molar refractivity (Wildman–Crippen MR) is 73.6 cm³/mol. The molecule has 1 aromatic heterocycles. The summed E-state index contributed by atoms with van der Waals surface area (Å²) in [4.78, 5) is -0.0666. The second-order valence-electron chi connectivity index (χ2n) is 3.92. The lowest BCUT2D eigenvalue weighted by Crippen LogP contribution is -2.27. The number of halogens is 1. The first kappa shape index (κ1) is 15.6. The molecule has 4 nitrogen and oxygen atoms in total. The molecule has 0 radical (unpaired) electrons. The van der Waals surface area contributed by atoms with Gasteiger partial charge in [0.2, 0.25) is 0 Å². The molecule has 1 N–H and O–H groups in total. The molecule has 0 bridgehead atoms. The van der Waals surface area contributed by atoms with E-state index in [1.54, 1.807) is 12.1 Å². The van der Waals surface area contributed by atoms with Crippen LogP contribution in [-0.4, -0.2) is 13.0 Å². The molecule has 1 aromatic carbocycles. The van der Waals surface area contributed by atoms with Crippen molar-refractivity contribution >= 4 is 21.7 Å². The summed E-state index contributed by atoms with van der Waals surface area (Å²) in [5.74, 6) is 0. The molecule has 0 saturated heterocycles. The molecule has 0 aliphatic rings. The third kappa shape index (κ3) is 5.38. The van der Waals surface area contributed by atoms with E-state index in [-0.39, 0.29) is 4.90 Å². The van der Waals surface area contributed by atoms with Gasteiger partial charge in [-0.1, -0.05) is 17.7 Å². The van der Waals surface area contributed by atoms with E-state index in [1.165, 1.54) is 12.1 Å². The highest BCUT2D eigenvalue weighted by Crippen LogP contribution is 2.08. The Bertz CT molecular complexity index is 618. The van der Waals surface area contributed by atoms with Gasteiger partial charge in [0.1, 0.15) is 7.05 Å². The quantitative estimate of drug-likeness (QED) is 0.500. The first-order valence-corrected chi connectivity index (χ1v) is 7.27. The van der Waals surface area contributed by atoms with Crippen molar-refractivity contribution in [1.29, 1.82) is 0 Å². The highest BCUT2D eigenvalue weighted by Gasteiger charge is 2.06. The molecular weight excluding hydrogens is 286 g/mol. The first-order chi connectivity index (χ1) is 8.80. The summed E-state index contributed by atoms with van der Waals surface area (Å²) in [6.07, 6.45) is 1.91. The number of hydrogen-bond donors (Lipinski definition) is 1. The van der Waals surface area contributed by atoms with Gasteiger partial charge in [-0.15, -0.1) is 0 Å². The van der Waals surface area contributed by atoms with Gasteiger partial charge in [-0.2, -0.15) is 13.0 Å². The van der Waals surface area contributed by atoms with E-state index in [4.69, 9.17) is 16.2 Å². The fraction of sp³-hybridized carbons (Fsp3) is 0.154. The number of rotatable bonds is 1. The smallest absolute Gasteiger partial charge is 0.282 e. The second-order valence-corrected chi connectivity index (χ2v) is 5.73. The normalized spacial score (nSPS) is 10.5. The van der Waals surface area contributed by atoms with Crippen molar-refractivity contribution in [2.45, 2.75) is 11.8 Å². The number of benzene rings is 1. The van der Waals surface area contributed by atoms with E-state index in [0.717, 1.165) is 10.7 Å². The maximum absolute atomic E-state index is 10.5. The topological polar surface area (TPSA) is 58.2 Å². The van der Waals surface area contributed by atoms with Crippen molar-refractivity contribution in [2.24, 2.45) is 7.05 Å². The summed E-state index contributed by atoms with van der Waals surface area (Å²) in [5.41, 5.74) is 0.956. The molecule has 0 amide bonds. The van der Waals surface area contributed by atoms with Crippen LogP contribution in [0.25, 0.3) is 0 Å². The number of hydrogen-bond acceptors (Lipinski definition) is 2. The van der Waals surface area contributed by atoms with Crippen LogP contribution in [-0.2, 0) is 17.2 Å². The van der Waals surface area contributed by atoms with Crippen molar-refractivity contribution in [1.82, 2.24) is 0 Å². The summed E-state index contributed by atoms with van der Waals surface area (Å²) in [7, 11) is -2.11. The van der Waals surface area contributed by atoms with Crippen molar-refractivity contribution in [3.8, 4) is 0 Å². The van der Waals surface area contributed by atoms with E-state index in [1.807, 2.05) is 42.9 Å². The molecule has 2 rings (SSSR count). The monoisotopic (exact) mass is 300 g/mol. The van der Waals surface area contributed by atoms with Crippen LogP contribution in [0.15, 0.2) is 53.6 Å². The van der Waals surface area contributed by atoms with Crippen LogP contribution in [0.1, 0.15) is 5.56 Å². The Labute approximate surface area is 118 Å². The Kier molecular flexibility index (Phi) is 5.47. The van der Waals surface area contributed by atoms with Gasteiger partial charge >= 0.3 is 0 Å². The molecule has 6 heteroatoms. The fourth-order valence-corrected chi connectivity index (χ4v) is 1.82. The minimum Gasteiger partial charge on any atom is -0.282 e. The Morgan fingerprint density at radius 3 is 2.05 bits per heavy atom. The van der Waals surface area contributed by atoms with Crippen LogP contribution in [0, 0.1) is 6.92 Å². The number of pyridine rings is 1. The number of nitrogens with zero attached hydrogens (tertiary/aromatic N) is 1. The summed E-state index contributed by atoms with van der Waals surface area (Å²) in [5, 5.41) is 0.757. The largest absolute Gasteiger partial charge is 0.294 e. The molecule has 0 aliphatic heterocycles. The van der Waals surface area contributed by atoms with Crippen molar-refractivity contribution < 1.29 is 17.5 Å². The van der Waals surface area contributed by atoms with E-state index >= 15 is 0 Å². The molecule has 0 fully saturated rings. The van der Waals surface area contributed by atoms with E-state index in [2.05, 4.69) is 0 Å². The Balaban J connectivity index is 0.000000200. The second kappa shape index (κ2) is 6.65. The Morgan fingerprint density at radius 1 is 1.11 bits per heavy atom. The summed E-state index contributed by atoms with van der Waals surface area (Å²) in [6, 6.07) is 11.7. The van der Waals surface area contributed by atoms with Gasteiger partial charge in [0.25, 0.3) is 15.3 Å². The molecule has 2 aromatic rings. The highest BCUT2D eigenvalue weighted by atomic mass is 35.5.